The van der Waals surface area contributed by atoms with Crippen molar-refractivity contribution >= 4 is 12.8 Å². The van der Waals surface area contributed by atoms with Crippen LogP contribution in [0.4, 0.5) is 13.2 Å². The number of halogens is 3. The van der Waals surface area contributed by atoms with Crippen molar-refractivity contribution in [3.8, 4) is 22.6 Å². The number of hydrogen-bond donors (Lipinski definition) is 1. The molecule has 0 radical (unpaired) electrons. The highest BCUT2D eigenvalue weighted by atomic mass is 19.4. The molecule has 2 aromatic carbocycles. The smallest absolute Gasteiger partial charge is 0.389 e. The van der Waals surface area contributed by atoms with Crippen molar-refractivity contribution in [1.82, 2.24) is 0 Å². The fourth-order valence-corrected chi connectivity index (χ4v) is 5.57. The Morgan fingerprint density at radius 3 is 2.16 bits per heavy atom. The van der Waals surface area contributed by atoms with Crippen molar-refractivity contribution in [2.24, 2.45) is 5.92 Å². The molecule has 9 heteroatoms. The van der Waals surface area contributed by atoms with Gasteiger partial charge >= 0.3 is 6.18 Å². The highest BCUT2D eigenvalue weighted by Crippen LogP contribution is 2.41. The monoisotopic (exact) mass is 632 g/mol. The molecule has 1 fully saturated rings. The van der Waals surface area contributed by atoms with Crippen LogP contribution in [-0.2, 0) is 20.7 Å². The molecule has 0 spiro atoms. The van der Waals surface area contributed by atoms with Crippen molar-refractivity contribution in [3.05, 3.63) is 71.8 Å². The van der Waals surface area contributed by atoms with E-state index in [1.165, 1.54) is 11.1 Å². The standard InChI is InChI=1S/C35H45F3O4.CH2O2/c1-5-28-20-30(29-10-8-27(9-11-29)14-16-35(36,37)38)12-13-34(28)31-21-32(23-33(22-31)42-19-18-40-4)41-17-15-25(2)6-7-26(3)24-39;2-1-3/h12-13,20-24,27,29H,2-3,5-11,14-19H2,1,4H3;1H,(H,2,3). The molecular weight excluding hydrogens is 585 g/mol. The number of allylic oxidation sites excluding steroid dienone is 1. The second-order valence-corrected chi connectivity index (χ2v) is 11.4. The van der Waals surface area contributed by atoms with Gasteiger partial charge in [-0.2, -0.15) is 13.2 Å². The van der Waals surface area contributed by atoms with Crippen LogP contribution in [-0.4, -0.2) is 51.0 Å². The fourth-order valence-electron chi connectivity index (χ4n) is 5.57. The Labute approximate surface area is 265 Å². The highest BCUT2D eigenvalue weighted by molar-refractivity contribution is 5.72. The topological polar surface area (TPSA) is 82.1 Å². The summed E-state index contributed by atoms with van der Waals surface area (Å²) in [5.41, 5.74) is 6.16. The molecule has 0 aromatic heterocycles. The summed E-state index contributed by atoms with van der Waals surface area (Å²) < 4.78 is 55.2. The number of aryl methyl sites for hydroxylation is 1. The largest absolute Gasteiger partial charge is 0.493 e. The van der Waals surface area contributed by atoms with E-state index >= 15 is 0 Å². The maximum Gasteiger partial charge on any atom is 0.389 e. The van der Waals surface area contributed by atoms with Crippen LogP contribution in [0.25, 0.3) is 11.1 Å². The van der Waals surface area contributed by atoms with Crippen molar-refractivity contribution in [3.63, 3.8) is 0 Å². The first kappa shape index (κ1) is 37.6. The average Bonchev–Trinajstić information content (AvgIpc) is 3.02. The quantitative estimate of drug-likeness (QED) is 0.0811. The zero-order chi connectivity index (χ0) is 33.2. The Hall–Kier alpha value is -3.59. The van der Waals surface area contributed by atoms with Crippen molar-refractivity contribution in [2.45, 2.75) is 83.2 Å². The van der Waals surface area contributed by atoms with Gasteiger partial charge in [-0.1, -0.05) is 43.9 Å². The van der Waals surface area contributed by atoms with Gasteiger partial charge in [0.1, 0.15) is 24.4 Å². The van der Waals surface area contributed by atoms with Gasteiger partial charge in [0, 0.05) is 26.0 Å². The molecule has 2 aromatic rings. The number of benzene rings is 2. The molecule has 1 N–H and O–H groups in total. The van der Waals surface area contributed by atoms with E-state index < -0.39 is 12.6 Å². The third kappa shape index (κ3) is 13.9. The minimum Gasteiger partial charge on any atom is -0.493 e. The first-order valence-corrected chi connectivity index (χ1v) is 15.5. The van der Waals surface area contributed by atoms with E-state index in [1.807, 2.05) is 18.2 Å². The molecule has 6 nitrogen and oxygen atoms in total. The summed E-state index contributed by atoms with van der Waals surface area (Å²) >= 11 is 0. The SMILES string of the molecule is C=C(C=O)CCC(=C)CCOc1cc(OCCOC)cc(-c2ccc(C3CCC(CCC(F)(F)F)CC3)cc2CC)c1.O=CO. The lowest BCUT2D eigenvalue weighted by atomic mass is 9.76. The molecule has 248 valence electrons. The van der Waals surface area contributed by atoms with Crippen molar-refractivity contribution in [2.75, 3.05) is 26.9 Å². The van der Waals surface area contributed by atoms with Crippen LogP contribution in [0.5, 0.6) is 11.5 Å². The molecule has 0 unspecified atom stereocenters. The lowest BCUT2D eigenvalue weighted by Crippen LogP contribution is -2.16. The van der Waals surface area contributed by atoms with Gasteiger partial charge in [-0.05, 0) is 103 Å². The summed E-state index contributed by atoms with van der Waals surface area (Å²) in [4.78, 5) is 19.2. The Kier molecular flexibility index (Phi) is 16.5. The van der Waals surface area contributed by atoms with Crippen molar-refractivity contribution < 1.29 is 42.1 Å². The van der Waals surface area contributed by atoms with E-state index in [0.29, 0.717) is 62.1 Å². The number of carboxylic acid groups (broad SMARTS) is 1. The fraction of sp³-hybridized carbons (Fsp3) is 0.500. The lowest BCUT2D eigenvalue weighted by molar-refractivity contribution is -0.138. The number of rotatable bonds is 17. The van der Waals surface area contributed by atoms with E-state index in [4.69, 9.17) is 24.1 Å². The van der Waals surface area contributed by atoms with Gasteiger partial charge in [-0.15, -0.1) is 0 Å². The lowest BCUT2D eigenvalue weighted by Gasteiger charge is -2.29. The zero-order valence-corrected chi connectivity index (χ0v) is 26.5. The van der Waals surface area contributed by atoms with Crippen LogP contribution in [0.2, 0.25) is 0 Å². The summed E-state index contributed by atoms with van der Waals surface area (Å²) in [5.74, 6) is 1.95. The van der Waals surface area contributed by atoms with Crippen LogP contribution in [0, 0.1) is 5.92 Å². The van der Waals surface area contributed by atoms with Gasteiger partial charge in [-0.3, -0.25) is 9.59 Å². The summed E-state index contributed by atoms with van der Waals surface area (Å²) in [5, 5.41) is 6.89. The van der Waals surface area contributed by atoms with Gasteiger partial charge in [0.05, 0.1) is 13.2 Å². The number of carbonyl (C=O) groups is 2. The van der Waals surface area contributed by atoms with E-state index in [9.17, 15) is 18.0 Å². The Balaban J connectivity index is 0.00000226. The van der Waals surface area contributed by atoms with Gasteiger partial charge in [0.2, 0.25) is 0 Å². The number of alkyl halides is 3. The minimum absolute atomic E-state index is 0.167. The molecule has 0 aliphatic heterocycles. The second-order valence-electron chi connectivity index (χ2n) is 11.4. The minimum atomic E-state index is -4.07. The maximum atomic E-state index is 12.7. The van der Waals surface area contributed by atoms with Crippen LogP contribution in [0.3, 0.4) is 0 Å². The van der Waals surface area contributed by atoms with Crippen LogP contribution >= 0.6 is 0 Å². The predicted molar refractivity (Wildman–Crippen MR) is 171 cm³/mol. The number of hydrogen-bond acceptors (Lipinski definition) is 5. The predicted octanol–water partition coefficient (Wildman–Crippen LogP) is 9.12. The van der Waals surface area contributed by atoms with Gasteiger partial charge < -0.3 is 19.3 Å². The van der Waals surface area contributed by atoms with Gasteiger partial charge in [0.25, 0.3) is 6.47 Å². The van der Waals surface area contributed by atoms with E-state index in [1.54, 1.807) is 7.11 Å². The Bertz CT molecular complexity index is 1230. The summed E-state index contributed by atoms with van der Waals surface area (Å²) in [6.45, 7) is 11.0. The Morgan fingerprint density at radius 1 is 0.933 bits per heavy atom. The van der Waals surface area contributed by atoms with E-state index in [0.717, 1.165) is 55.1 Å². The highest BCUT2D eigenvalue weighted by Gasteiger charge is 2.30. The number of methoxy groups -OCH3 is 1. The number of aldehydes is 1. The van der Waals surface area contributed by atoms with Crippen molar-refractivity contribution in [1.29, 1.82) is 0 Å². The number of carbonyl (C=O) groups excluding carboxylic acids is 1. The van der Waals surface area contributed by atoms with Gasteiger partial charge in [-0.25, -0.2) is 0 Å². The third-order valence-corrected chi connectivity index (χ3v) is 8.10. The maximum absolute atomic E-state index is 12.7. The molecule has 0 bridgehead atoms. The Morgan fingerprint density at radius 2 is 1.58 bits per heavy atom. The molecule has 0 saturated heterocycles. The van der Waals surface area contributed by atoms with Crippen LogP contribution < -0.4 is 9.47 Å². The van der Waals surface area contributed by atoms with Gasteiger partial charge in [0.15, 0.2) is 0 Å². The molecular formula is C36H47F3O6. The van der Waals surface area contributed by atoms with Crippen LogP contribution in [0.15, 0.2) is 60.7 Å². The molecule has 1 aliphatic rings. The molecule has 0 heterocycles. The molecule has 0 atom stereocenters. The molecule has 45 heavy (non-hydrogen) atoms. The first-order valence-electron chi connectivity index (χ1n) is 15.5. The molecule has 0 amide bonds. The normalized spacial score (nSPS) is 16.2. The third-order valence-electron chi connectivity index (χ3n) is 8.10. The summed E-state index contributed by atoms with van der Waals surface area (Å²) in [6.07, 6.45) is 2.67. The summed E-state index contributed by atoms with van der Waals surface area (Å²) in [7, 11) is 1.63. The average molecular weight is 633 g/mol. The molecule has 3 rings (SSSR count). The van der Waals surface area contributed by atoms with E-state index in [2.05, 4.69) is 38.3 Å². The number of ether oxygens (including phenoxy) is 3. The zero-order valence-electron chi connectivity index (χ0n) is 26.5. The second kappa shape index (κ2) is 19.7. The summed E-state index contributed by atoms with van der Waals surface area (Å²) in [6, 6.07) is 12.5. The molecule has 1 saturated carbocycles. The molecule has 1 aliphatic carbocycles. The first-order chi connectivity index (χ1) is 21.5. The van der Waals surface area contributed by atoms with Crippen LogP contribution in [0.1, 0.15) is 81.8 Å². The van der Waals surface area contributed by atoms with E-state index in [-0.39, 0.29) is 18.8 Å².